The van der Waals surface area contributed by atoms with Crippen molar-refractivity contribution in [3.8, 4) is 5.75 Å². The van der Waals surface area contributed by atoms with Crippen LogP contribution in [-0.2, 0) is 10.0 Å². The fraction of sp³-hybridized carbons (Fsp3) is 0.294. The van der Waals surface area contributed by atoms with E-state index in [9.17, 15) is 31.7 Å². The second-order valence-electron chi connectivity index (χ2n) is 6.54. The minimum atomic E-state index is -5.19. The molecule has 1 N–H and O–H groups in total. The lowest BCUT2D eigenvalue weighted by Crippen LogP contribution is -2.35. The number of hydrogen-bond acceptors (Lipinski definition) is 6. The predicted octanol–water partition coefficient (Wildman–Crippen LogP) is 4.38. The van der Waals surface area contributed by atoms with Gasteiger partial charge in [0.05, 0.1) is 25.9 Å². The smallest absolute Gasteiger partial charge is 0.398 e. The number of alkyl halides is 3. The summed E-state index contributed by atoms with van der Waals surface area (Å²) in [6, 6.07) is 5.48. The van der Waals surface area contributed by atoms with Crippen LogP contribution in [0, 0.1) is 10.1 Å². The number of nitro groups is 1. The van der Waals surface area contributed by atoms with Crippen molar-refractivity contribution in [3.05, 3.63) is 62.1 Å². The number of benzene rings is 2. The maximum absolute atomic E-state index is 12.8. The zero-order chi connectivity index (χ0) is 23.6. The number of rotatable bonds is 8. The zero-order valence-corrected chi connectivity index (χ0v) is 18.3. The summed E-state index contributed by atoms with van der Waals surface area (Å²) in [7, 11) is -1.01. The Balaban J connectivity index is 2.44. The van der Waals surface area contributed by atoms with Gasteiger partial charge in [-0.15, -0.1) is 13.2 Å². The highest BCUT2D eigenvalue weighted by Crippen LogP contribution is 2.34. The van der Waals surface area contributed by atoms with E-state index in [0.29, 0.717) is 17.7 Å². The molecule has 8 nitrogen and oxygen atoms in total. The van der Waals surface area contributed by atoms with E-state index in [2.05, 4.69) is 9.46 Å². The van der Waals surface area contributed by atoms with Crippen molar-refractivity contribution in [2.24, 2.45) is 0 Å². The van der Waals surface area contributed by atoms with Gasteiger partial charge in [0.15, 0.2) is 0 Å². The molecule has 0 fully saturated rings. The second kappa shape index (κ2) is 9.57. The molecule has 0 saturated heterocycles. The third-order valence-electron chi connectivity index (χ3n) is 3.85. The molecule has 0 unspecified atom stereocenters. The van der Waals surface area contributed by atoms with Crippen molar-refractivity contribution < 1.29 is 31.2 Å². The largest absolute Gasteiger partial charge is 0.573 e. The van der Waals surface area contributed by atoms with Crippen molar-refractivity contribution in [2.75, 3.05) is 20.6 Å². The Kier molecular flexibility index (Phi) is 7.76. The van der Waals surface area contributed by atoms with Crippen LogP contribution in [0.25, 0.3) is 0 Å². The minimum absolute atomic E-state index is 0.175. The number of hydrogen-bond donors (Lipinski definition) is 1. The first-order valence-electron chi connectivity index (χ1n) is 8.36. The first-order valence-corrected chi connectivity index (χ1v) is 10.6. The van der Waals surface area contributed by atoms with Gasteiger partial charge in [0.25, 0.3) is 0 Å². The number of sulfonamides is 1. The zero-order valence-electron chi connectivity index (χ0n) is 16.0. The third kappa shape index (κ3) is 6.94. The molecule has 2 aromatic rings. The van der Waals surface area contributed by atoms with Gasteiger partial charge in [0.2, 0.25) is 15.8 Å². The molecule has 170 valence electrons. The Hall–Kier alpha value is -2.12. The molecule has 0 aliphatic heterocycles. The number of nitro benzene ring substituents is 1. The molecule has 0 aliphatic rings. The molecule has 2 rings (SSSR count). The number of halogens is 5. The van der Waals surface area contributed by atoms with Crippen molar-refractivity contribution in [3.63, 3.8) is 0 Å². The molecule has 2 aromatic carbocycles. The lowest BCUT2D eigenvalue weighted by Gasteiger charge is -2.23. The summed E-state index contributed by atoms with van der Waals surface area (Å²) in [5.41, 5.74) is -0.697. The van der Waals surface area contributed by atoms with Gasteiger partial charge in [0.1, 0.15) is 0 Å². The Labute approximate surface area is 185 Å². The van der Waals surface area contributed by atoms with Gasteiger partial charge >= 0.3 is 12.0 Å². The van der Waals surface area contributed by atoms with Crippen LogP contribution < -0.4 is 9.46 Å². The third-order valence-corrected chi connectivity index (χ3v) is 6.06. The number of ether oxygens (including phenoxy) is 1. The standard InChI is InChI=1S/C17H16Cl2F3N3O5S/c1-24(2)9-14(10-3-5-12(18)13(19)7-10)23-31(28,29)11-4-6-16(30-17(20,21)22)15(8-11)25(26)27/h3-8,14,23H,9H2,1-2H3/t14-/m0/s1. The topological polar surface area (TPSA) is 102 Å². The highest BCUT2D eigenvalue weighted by atomic mass is 35.5. The molecular formula is C17H16Cl2F3N3O5S. The fourth-order valence-corrected chi connectivity index (χ4v) is 4.12. The normalized spacial score (nSPS) is 13.3. The Morgan fingerprint density at radius 1 is 1.16 bits per heavy atom. The van der Waals surface area contributed by atoms with E-state index >= 15 is 0 Å². The summed E-state index contributed by atoms with van der Waals surface area (Å²) in [6.07, 6.45) is -5.19. The van der Waals surface area contributed by atoms with Crippen molar-refractivity contribution in [1.29, 1.82) is 0 Å². The van der Waals surface area contributed by atoms with Gasteiger partial charge in [-0.05, 0) is 43.9 Å². The van der Waals surface area contributed by atoms with Crippen LogP contribution in [0.2, 0.25) is 10.0 Å². The molecule has 0 radical (unpaired) electrons. The predicted molar refractivity (Wildman–Crippen MR) is 108 cm³/mol. The van der Waals surface area contributed by atoms with E-state index in [1.54, 1.807) is 25.1 Å². The maximum atomic E-state index is 12.8. The number of likely N-dealkylation sites (N-methyl/N-ethyl adjacent to an activating group) is 1. The van der Waals surface area contributed by atoms with E-state index in [-0.39, 0.29) is 16.6 Å². The van der Waals surface area contributed by atoms with Gasteiger partial charge < -0.3 is 9.64 Å². The van der Waals surface area contributed by atoms with E-state index in [1.807, 2.05) is 0 Å². The lowest BCUT2D eigenvalue weighted by atomic mass is 10.1. The van der Waals surface area contributed by atoms with Gasteiger partial charge in [-0.3, -0.25) is 10.1 Å². The molecule has 0 amide bonds. The van der Waals surface area contributed by atoms with Crippen LogP contribution in [0.5, 0.6) is 5.75 Å². The molecule has 14 heteroatoms. The summed E-state index contributed by atoms with van der Waals surface area (Å²) in [4.78, 5) is 11.0. The summed E-state index contributed by atoms with van der Waals surface area (Å²) in [5, 5.41) is 11.6. The molecule has 1 atom stereocenters. The molecule has 0 saturated carbocycles. The average Bonchev–Trinajstić information content (AvgIpc) is 2.61. The first kappa shape index (κ1) is 25.1. The first-order chi connectivity index (χ1) is 14.2. The summed E-state index contributed by atoms with van der Waals surface area (Å²) in [6.45, 7) is 0.175. The second-order valence-corrected chi connectivity index (χ2v) is 9.07. The highest BCUT2D eigenvalue weighted by Gasteiger charge is 2.35. The van der Waals surface area contributed by atoms with Gasteiger partial charge in [-0.2, -0.15) is 0 Å². The Bertz CT molecular complexity index is 1080. The van der Waals surface area contributed by atoms with E-state index in [1.165, 1.54) is 12.1 Å². The molecule has 0 bridgehead atoms. The van der Waals surface area contributed by atoms with Crippen LogP contribution in [0.3, 0.4) is 0 Å². The van der Waals surface area contributed by atoms with Crippen LogP contribution >= 0.6 is 23.2 Å². The van der Waals surface area contributed by atoms with Crippen molar-refractivity contribution in [1.82, 2.24) is 9.62 Å². The van der Waals surface area contributed by atoms with E-state index < -0.39 is 43.7 Å². The summed E-state index contributed by atoms with van der Waals surface area (Å²) in [5.74, 6) is -1.13. The number of nitrogens with one attached hydrogen (secondary N) is 1. The van der Waals surface area contributed by atoms with Gasteiger partial charge in [-0.25, -0.2) is 13.1 Å². The molecular weight excluding hydrogens is 486 g/mol. The lowest BCUT2D eigenvalue weighted by molar-refractivity contribution is -0.388. The Morgan fingerprint density at radius 2 is 1.81 bits per heavy atom. The molecule has 0 heterocycles. The molecule has 0 spiro atoms. The average molecular weight is 502 g/mol. The van der Waals surface area contributed by atoms with Gasteiger partial charge in [0, 0.05) is 12.6 Å². The van der Waals surface area contributed by atoms with Crippen LogP contribution in [0.1, 0.15) is 11.6 Å². The maximum Gasteiger partial charge on any atom is 0.573 e. The molecule has 0 aromatic heterocycles. The van der Waals surface area contributed by atoms with Crippen LogP contribution in [0.4, 0.5) is 18.9 Å². The van der Waals surface area contributed by atoms with Crippen molar-refractivity contribution in [2.45, 2.75) is 17.3 Å². The SMILES string of the molecule is CN(C)C[C@H](NS(=O)(=O)c1ccc(OC(F)(F)F)c([N+](=O)[O-])c1)c1ccc(Cl)c(Cl)c1. The Morgan fingerprint density at radius 3 is 2.32 bits per heavy atom. The summed E-state index contributed by atoms with van der Waals surface area (Å²) < 4.78 is 69.1. The van der Waals surface area contributed by atoms with Gasteiger partial charge in [-0.1, -0.05) is 29.3 Å². The van der Waals surface area contributed by atoms with E-state index in [0.717, 1.165) is 6.07 Å². The number of nitrogens with zero attached hydrogens (tertiary/aromatic N) is 2. The molecule has 31 heavy (non-hydrogen) atoms. The monoisotopic (exact) mass is 501 g/mol. The van der Waals surface area contributed by atoms with E-state index in [4.69, 9.17) is 23.2 Å². The molecule has 0 aliphatic carbocycles. The highest BCUT2D eigenvalue weighted by molar-refractivity contribution is 7.89. The van der Waals surface area contributed by atoms with Crippen LogP contribution in [0.15, 0.2) is 41.3 Å². The summed E-state index contributed by atoms with van der Waals surface area (Å²) >= 11 is 11.9. The fourth-order valence-electron chi connectivity index (χ4n) is 2.58. The van der Waals surface area contributed by atoms with Crippen molar-refractivity contribution >= 4 is 38.9 Å². The van der Waals surface area contributed by atoms with Crippen LogP contribution in [-0.4, -0.2) is 45.2 Å². The minimum Gasteiger partial charge on any atom is -0.398 e. The quantitative estimate of drug-likeness (QED) is 0.425.